The lowest BCUT2D eigenvalue weighted by molar-refractivity contribution is -0.143. The first-order valence-electron chi connectivity index (χ1n) is 5.09. The molecule has 80 valence electrons. The van der Waals surface area contributed by atoms with E-state index in [1.165, 1.54) is 0 Å². The van der Waals surface area contributed by atoms with Crippen molar-refractivity contribution in [3.8, 4) is 0 Å². The van der Waals surface area contributed by atoms with E-state index in [0.29, 0.717) is 0 Å². The molecule has 1 fully saturated rings. The molecule has 0 heterocycles. The highest BCUT2D eigenvalue weighted by Crippen LogP contribution is 2.32. The smallest absolute Gasteiger partial charge is 0.326 e. The van der Waals surface area contributed by atoms with Crippen molar-refractivity contribution in [3.63, 3.8) is 0 Å². The summed E-state index contributed by atoms with van der Waals surface area (Å²) in [6.45, 7) is 3.72. The van der Waals surface area contributed by atoms with E-state index in [0.717, 1.165) is 19.3 Å². The van der Waals surface area contributed by atoms with Crippen LogP contribution in [0.25, 0.3) is 0 Å². The van der Waals surface area contributed by atoms with E-state index in [9.17, 15) is 9.59 Å². The topological polar surface area (TPSA) is 66.4 Å². The fourth-order valence-electron chi connectivity index (χ4n) is 1.29. The third kappa shape index (κ3) is 2.72. The first-order valence-corrected chi connectivity index (χ1v) is 5.09. The Bertz CT molecular complexity index is 236. The van der Waals surface area contributed by atoms with Crippen LogP contribution in [0.2, 0.25) is 0 Å². The quantitative estimate of drug-likeness (QED) is 0.694. The van der Waals surface area contributed by atoms with E-state index in [1.54, 1.807) is 6.92 Å². The second-order valence-electron chi connectivity index (χ2n) is 3.97. The summed E-state index contributed by atoms with van der Waals surface area (Å²) in [6, 6.07) is -0.670. The molecule has 0 saturated heterocycles. The average molecular weight is 199 g/mol. The molecule has 1 aliphatic carbocycles. The summed E-state index contributed by atoms with van der Waals surface area (Å²) in [5.41, 5.74) is 0. The van der Waals surface area contributed by atoms with Crippen molar-refractivity contribution < 1.29 is 14.7 Å². The van der Waals surface area contributed by atoms with Gasteiger partial charge in [-0.05, 0) is 25.2 Å². The lowest BCUT2D eigenvalue weighted by atomic mass is 10.1. The number of amides is 1. The molecule has 0 aromatic rings. The Morgan fingerprint density at radius 3 is 2.43 bits per heavy atom. The average Bonchev–Trinajstić information content (AvgIpc) is 2.95. The minimum atomic E-state index is -0.913. The van der Waals surface area contributed by atoms with Gasteiger partial charge in [-0.2, -0.15) is 0 Å². The fraction of sp³-hybridized carbons (Fsp3) is 0.800. The molecular formula is C10H17NO3. The van der Waals surface area contributed by atoms with E-state index in [-0.39, 0.29) is 17.7 Å². The van der Waals surface area contributed by atoms with Crippen LogP contribution in [0.1, 0.15) is 33.1 Å². The molecule has 0 bridgehead atoms. The summed E-state index contributed by atoms with van der Waals surface area (Å²) in [4.78, 5) is 22.3. The molecule has 1 aliphatic rings. The Morgan fingerprint density at radius 1 is 1.50 bits per heavy atom. The van der Waals surface area contributed by atoms with Crippen LogP contribution in [0.3, 0.4) is 0 Å². The Labute approximate surface area is 83.7 Å². The number of nitrogens with one attached hydrogen (secondary N) is 1. The zero-order valence-electron chi connectivity index (χ0n) is 8.62. The van der Waals surface area contributed by atoms with Crippen molar-refractivity contribution >= 4 is 11.9 Å². The van der Waals surface area contributed by atoms with Crippen molar-refractivity contribution in [1.29, 1.82) is 0 Å². The van der Waals surface area contributed by atoms with Gasteiger partial charge in [-0.15, -0.1) is 0 Å². The first-order chi connectivity index (χ1) is 6.56. The largest absolute Gasteiger partial charge is 0.480 e. The molecule has 2 unspecified atom stereocenters. The van der Waals surface area contributed by atoms with Crippen LogP contribution in [0, 0.1) is 11.8 Å². The number of carboxylic acids is 1. The molecule has 0 spiro atoms. The van der Waals surface area contributed by atoms with Crippen LogP contribution in [-0.4, -0.2) is 23.0 Å². The molecule has 0 aromatic carbocycles. The number of aliphatic carboxylic acids is 1. The van der Waals surface area contributed by atoms with Gasteiger partial charge in [0.1, 0.15) is 6.04 Å². The highest BCUT2D eigenvalue weighted by atomic mass is 16.4. The molecule has 4 heteroatoms. The normalized spacial score (nSPS) is 19.9. The van der Waals surface area contributed by atoms with Gasteiger partial charge >= 0.3 is 5.97 Å². The van der Waals surface area contributed by atoms with Crippen LogP contribution >= 0.6 is 0 Å². The van der Waals surface area contributed by atoms with Gasteiger partial charge < -0.3 is 10.4 Å². The monoisotopic (exact) mass is 199 g/mol. The predicted octanol–water partition coefficient (Wildman–Crippen LogP) is 1.01. The number of rotatable bonds is 5. The summed E-state index contributed by atoms with van der Waals surface area (Å²) in [7, 11) is 0. The van der Waals surface area contributed by atoms with Gasteiger partial charge in [0, 0.05) is 5.92 Å². The van der Waals surface area contributed by atoms with Gasteiger partial charge in [0.2, 0.25) is 5.91 Å². The van der Waals surface area contributed by atoms with Crippen LogP contribution < -0.4 is 5.32 Å². The number of carboxylic acid groups (broad SMARTS) is 1. The minimum absolute atomic E-state index is 0.101. The maximum Gasteiger partial charge on any atom is 0.326 e. The highest BCUT2D eigenvalue weighted by Gasteiger charge is 2.37. The van der Waals surface area contributed by atoms with E-state index in [1.807, 2.05) is 6.92 Å². The predicted molar refractivity (Wildman–Crippen MR) is 51.7 cm³/mol. The molecule has 1 saturated carbocycles. The molecule has 0 aliphatic heterocycles. The fourth-order valence-corrected chi connectivity index (χ4v) is 1.29. The van der Waals surface area contributed by atoms with Crippen molar-refractivity contribution in [2.45, 2.75) is 39.2 Å². The number of hydrogen-bond donors (Lipinski definition) is 2. The van der Waals surface area contributed by atoms with E-state index in [4.69, 9.17) is 5.11 Å². The summed E-state index contributed by atoms with van der Waals surface area (Å²) in [5.74, 6) is -1.01. The summed E-state index contributed by atoms with van der Waals surface area (Å²) in [5, 5.41) is 11.5. The number of carbonyl (C=O) groups excluding carboxylic acids is 1. The molecule has 14 heavy (non-hydrogen) atoms. The van der Waals surface area contributed by atoms with Crippen molar-refractivity contribution in [2.24, 2.45) is 11.8 Å². The molecule has 2 atom stereocenters. The minimum Gasteiger partial charge on any atom is -0.480 e. The third-order valence-electron chi connectivity index (χ3n) is 2.72. The summed E-state index contributed by atoms with van der Waals surface area (Å²) < 4.78 is 0. The zero-order chi connectivity index (χ0) is 10.7. The second-order valence-corrected chi connectivity index (χ2v) is 3.97. The lowest BCUT2D eigenvalue weighted by Gasteiger charge is -2.16. The Balaban J connectivity index is 2.46. The van der Waals surface area contributed by atoms with Crippen LogP contribution in [-0.2, 0) is 9.59 Å². The molecule has 0 aromatic heterocycles. The van der Waals surface area contributed by atoms with E-state index in [2.05, 4.69) is 5.32 Å². The van der Waals surface area contributed by atoms with Gasteiger partial charge in [-0.25, -0.2) is 4.79 Å². The highest BCUT2D eigenvalue weighted by molar-refractivity contribution is 5.85. The second kappa shape index (κ2) is 4.44. The molecule has 2 N–H and O–H groups in total. The van der Waals surface area contributed by atoms with Gasteiger partial charge in [0.15, 0.2) is 0 Å². The van der Waals surface area contributed by atoms with E-state index >= 15 is 0 Å². The number of hydrogen-bond acceptors (Lipinski definition) is 2. The molecule has 1 rings (SSSR count). The Hall–Kier alpha value is -1.06. The van der Waals surface area contributed by atoms with Crippen LogP contribution in [0.15, 0.2) is 0 Å². The Morgan fingerprint density at radius 2 is 2.07 bits per heavy atom. The molecular weight excluding hydrogens is 182 g/mol. The first kappa shape index (κ1) is 11.0. The Kier molecular flexibility index (Phi) is 3.49. The summed E-state index contributed by atoms with van der Waals surface area (Å²) in [6.07, 6.45) is 2.57. The van der Waals surface area contributed by atoms with Crippen LogP contribution in [0.4, 0.5) is 0 Å². The van der Waals surface area contributed by atoms with Crippen molar-refractivity contribution in [1.82, 2.24) is 5.32 Å². The van der Waals surface area contributed by atoms with Gasteiger partial charge in [0.25, 0.3) is 0 Å². The van der Waals surface area contributed by atoms with Gasteiger partial charge in [0.05, 0.1) is 0 Å². The van der Waals surface area contributed by atoms with E-state index < -0.39 is 12.0 Å². The zero-order valence-corrected chi connectivity index (χ0v) is 8.62. The molecule has 1 amide bonds. The van der Waals surface area contributed by atoms with Gasteiger partial charge in [-0.1, -0.05) is 13.8 Å². The summed E-state index contributed by atoms with van der Waals surface area (Å²) >= 11 is 0. The number of carbonyl (C=O) groups is 2. The molecule has 4 nitrogen and oxygen atoms in total. The third-order valence-corrected chi connectivity index (χ3v) is 2.72. The maximum absolute atomic E-state index is 11.4. The van der Waals surface area contributed by atoms with Gasteiger partial charge in [-0.3, -0.25) is 4.79 Å². The SMILES string of the molecule is CCC(C)C(=O)NC(C(=O)O)C1CC1. The standard InChI is InChI=1S/C10H17NO3/c1-3-6(2)9(12)11-8(10(13)14)7-4-5-7/h6-8H,3-5H2,1-2H3,(H,11,12)(H,13,14). The maximum atomic E-state index is 11.4. The molecule has 0 radical (unpaired) electrons. The lowest BCUT2D eigenvalue weighted by Crippen LogP contribution is -2.44. The van der Waals surface area contributed by atoms with Crippen molar-refractivity contribution in [3.05, 3.63) is 0 Å². The van der Waals surface area contributed by atoms with Crippen LogP contribution in [0.5, 0.6) is 0 Å². The van der Waals surface area contributed by atoms with Crippen molar-refractivity contribution in [2.75, 3.05) is 0 Å².